The van der Waals surface area contributed by atoms with E-state index >= 15 is 0 Å². The summed E-state index contributed by atoms with van der Waals surface area (Å²) in [5, 5.41) is 0. The first-order chi connectivity index (χ1) is 17.4. The van der Waals surface area contributed by atoms with Gasteiger partial charge in [0.1, 0.15) is 0 Å². The maximum Gasteiger partial charge on any atom is 0.201 e. The van der Waals surface area contributed by atoms with Gasteiger partial charge in [-0.3, -0.25) is 0 Å². The number of allylic oxidation sites excluding steroid dienone is 1. The van der Waals surface area contributed by atoms with E-state index in [1.807, 2.05) is 6.92 Å². The second-order valence-corrected chi connectivity index (χ2v) is 10.1. The van der Waals surface area contributed by atoms with Crippen LogP contribution < -0.4 is 4.74 Å². The molecule has 0 N–H and O–H groups in total. The van der Waals surface area contributed by atoms with Gasteiger partial charge in [0, 0.05) is 17.0 Å². The summed E-state index contributed by atoms with van der Waals surface area (Å²) in [6.07, 6.45) is 12.5. The first-order valence-corrected chi connectivity index (χ1v) is 13.2. The Labute approximate surface area is 211 Å². The van der Waals surface area contributed by atoms with Crippen LogP contribution in [0.1, 0.15) is 64.4 Å². The molecule has 0 radical (unpaired) electrons. The van der Waals surface area contributed by atoms with Gasteiger partial charge in [0.05, 0.1) is 19.3 Å². The Hall–Kier alpha value is -2.34. The molecule has 0 aromatic heterocycles. The van der Waals surface area contributed by atoms with Crippen LogP contribution in [0.4, 0.5) is 17.6 Å². The monoisotopic (exact) mass is 504 g/mol. The summed E-state index contributed by atoms with van der Waals surface area (Å²) in [6, 6.07) is 5.28. The van der Waals surface area contributed by atoms with Crippen molar-refractivity contribution in [3.8, 4) is 16.9 Å². The zero-order chi connectivity index (χ0) is 25.7. The third-order valence-corrected chi connectivity index (χ3v) is 7.85. The molecule has 196 valence electrons. The third-order valence-electron chi connectivity index (χ3n) is 7.85. The van der Waals surface area contributed by atoms with Gasteiger partial charge in [-0.1, -0.05) is 37.1 Å². The second kappa shape index (κ2) is 12.3. The average molecular weight is 505 g/mol. The minimum atomic E-state index is -1.25. The van der Waals surface area contributed by atoms with E-state index in [-0.39, 0.29) is 29.0 Å². The molecule has 2 aliphatic rings. The van der Waals surface area contributed by atoms with E-state index in [0.29, 0.717) is 30.3 Å². The SMILES string of the molecule is C/C=C/C1CCC(C2CCC(CCc3ccc(-c4ccc(OCC)c(F)c4F)c(F)c3F)CC2)OC1. The van der Waals surface area contributed by atoms with Gasteiger partial charge in [0.15, 0.2) is 23.2 Å². The van der Waals surface area contributed by atoms with E-state index < -0.39 is 23.3 Å². The summed E-state index contributed by atoms with van der Waals surface area (Å²) in [5.41, 5.74) is -0.338. The Morgan fingerprint density at radius 3 is 2.19 bits per heavy atom. The molecule has 2 unspecified atom stereocenters. The number of ether oxygens (including phenoxy) is 2. The van der Waals surface area contributed by atoms with Crippen molar-refractivity contribution in [2.45, 2.75) is 71.3 Å². The molecule has 0 bridgehead atoms. The number of hydrogen-bond donors (Lipinski definition) is 0. The fourth-order valence-electron chi connectivity index (χ4n) is 5.79. The van der Waals surface area contributed by atoms with Gasteiger partial charge >= 0.3 is 0 Å². The Kier molecular flexibility index (Phi) is 9.10. The zero-order valence-electron chi connectivity index (χ0n) is 21.2. The van der Waals surface area contributed by atoms with Gasteiger partial charge in [-0.05, 0) is 81.9 Å². The molecule has 2 aromatic carbocycles. The lowest BCUT2D eigenvalue weighted by molar-refractivity contribution is -0.0493. The van der Waals surface area contributed by atoms with Crippen LogP contribution >= 0.6 is 0 Å². The summed E-state index contributed by atoms with van der Waals surface area (Å²) in [5.74, 6) is -3.24. The number of benzene rings is 2. The molecular weight excluding hydrogens is 468 g/mol. The number of hydrogen-bond acceptors (Lipinski definition) is 2. The van der Waals surface area contributed by atoms with Crippen molar-refractivity contribution in [1.82, 2.24) is 0 Å². The molecule has 2 nitrogen and oxygen atoms in total. The van der Waals surface area contributed by atoms with Gasteiger partial charge in [-0.2, -0.15) is 4.39 Å². The highest BCUT2D eigenvalue weighted by molar-refractivity contribution is 5.66. The van der Waals surface area contributed by atoms with Crippen LogP contribution in [0.25, 0.3) is 11.1 Å². The maximum absolute atomic E-state index is 14.9. The molecule has 2 fully saturated rings. The highest BCUT2D eigenvalue weighted by atomic mass is 19.2. The molecule has 6 heteroatoms. The summed E-state index contributed by atoms with van der Waals surface area (Å²) in [4.78, 5) is 0. The molecule has 2 aromatic rings. The van der Waals surface area contributed by atoms with Gasteiger partial charge in [0.25, 0.3) is 0 Å². The van der Waals surface area contributed by atoms with Crippen LogP contribution in [-0.4, -0.2) is 19.3 Å². The Morgan fingerprint density at radius 2 is 1.56 bits per heavy atom. The van der Waals surface area contributed by atoms with Crippen molar-refractivity contribution in [3.05, 3.63) is 65.2 Å². The van der Waals surface area contributed by atoms with Crippen LogP contribution in [0.15, 0.2) is 36.4 Å². The average Bonchev–Trinajstić information content (AvgIpc) is 2.89. The fourth-order valence-corrected chi connectivity index (χ4v) is 5.79. The van der Waals surface area contributed by atoms with Crippen molar-refractivity contribution in [1.29, 1.82) is 0 Å². The second-order valence-electron chi connectivity index (χ2n) is 10.1. The summed E-state index contributed by atoms with van der Waals surface area (Å²) in [6.45, 7) is 4.67. The zero-order valence-corrected chi connectivity index (χ0v) is 21.2. The molecule has 36 heavy (non-hydrogen) atoms. The lowest BCUT2D eigenvalue weighted by Gasteiger charge is -2.37. The highest BCUT2D eigenvalue weighted by Gasteiger charge is 2.31. The first kappa shape index (κ1) is 26.7. The molecule has 1 heterocycles. The van der Waals surface area contributed by atoms with Crippen LogP contribution in [0.5, 0.6) is 5.75 Å². The van der Waals surface area contributed by atoms with E-state index in [1.54, 1.807) is 6.92 Å². The normalized spacial score (nSPS) is 24.8. The molecule has 0 spiro atoms. The minimum Gasteiger partial charge on any atom is -0.491 e. The summed E-state index contributed by atoms with van der Waals surface area (Å²) < 4.78 is 69.8. The van der Waals surface area contributed by atoms with Gasteiger partial charge in [0.2, 0.25) is 5.82 Å². The molecular formula is C30H36F4O2. The Morgan fingerprint density at radius 1 is 0.861 bits per heavy atom. The molecule has 1 saturated carbocycles. The van der Waals surface area contributed by atoms with E-state index in [1.165, 1.54) is 30.7 Å². The van der Waals surface area contributed by atoms with E-state index in [4.69, 9.17) is 9.47 Å². The van der Waals surface area contributed by atoms with Gasteiger partial charge < -0.3 is 9.47 Å². The number of halogens is 4. The Balaban J connectivity index is 1.33. The molecule has 0 amide bonds. The van der Waals surface area contributed by atoms with E-state index in [0.717, 1.165) is 45.1 Å². The lowest BCUT2D eigenvalue weighted by atomic mass is 9.75. The molecule has 2 atom stereocenters. The first-order valence-electron chi connectivity index (χ1n) is 13.2. The fraction of sp³-hybridized carbons (Fsp3) is 0.533. The number of aryl methyl sites for hydroxylation is 1. The predicted molar refractivity (Wildman–Crippen MR) is 134 cm³/mol. The minimum absolute atomic E-state index is 0.167. The molecule has 4 rings (SSSR count). The van der Waals surface area contributed by atoms with Crippen molar-refractivity contribution in [2.24, 2.45) is 17.8 Å². The Bertz CT molecular complexity index is 1050. The van der Waals surface area contributed by atoms with Crippen LogP contribution in [0.3, 0.4) is 0 Å². The summed E-state index contributed by atoms with van der Waals surface area (Å²) in [7, 11) is 0. The van der Waals surface area contributed by atoms with Gasteiger partial charge in [-0.15, -0.1) is 0 Å². The topological polar surface area (TPSA) is 18.5 Å². The van der Waals surface area contributed by atoms with Crippen molar-refractivity contribution in [3.63, 3.8) is 0 Å². The quantitative estimate of drug-likeness (QED) is 0.265. The molecule has 1 aliphatic heterocycles. The van der Waals surface area contributed by atoms with Crippen molar-refractivity contribution >= 4 is 0 Å². The van der Waals surface area contributed by atoms with Crippen LogP contribution in [-0.2, 0) is 11.2 Å². The smallest absolute Gasteiger partial charge is 0.201 e. The van der Waals surface area contributed by atoms with Crippen LogP contribution in [0.2, 0.25) is 0 Å². The standard InChI is InChI=1S/C30H36F4O2/c1-3-5-20-9-16-25(36-18-20)21-10-6-19(7-11-21)8-12-22-13-14-23(28(32)27(22)31)24-15-17-26(35-4-2)30(34)29(24)33/h3,5,13-15,17,19-21,25H,4,6-12,16,18H2,1-2H3/b5-3+. The van der Waals surface area contributed by atoms with Gasteiger partial charge in [-0.25, -0.2) is 13.2 Å². The predicted octanol–water partition coefficient (Wildman–Crippen LogP) is 8.42. The van der Waals surface area contributed by atoms with Crippen molar-refractivity contribution < 1.29 is 27.0 Å². The van der Waals surface area contributed by atoms with E-state index in [2.05, 4.69) is 12.2 Å². The summed E-state index contributed by atoms with van der Waals surface area (Å²) >= 11 is 0. The molecule has 1 aliphatic carbocycles. The third kappa shape index (κ3) is 5.96. The number of rotatable bonds is 8. The largest absolute Gasteiger partial charge is 0.491 e. The van der Waals surface area contributed by atoms with E-state index in [9.17, 15) is 17.6 Å². The maximum atomic E-state index is 14.9. The molecule has 1 saturated heterocycles. The van der Waals surface area contributed by atoms with Crippen LogP contribution in [0, 0.1) is 41.0 Å². The van der Waals surface area contributed by atoms with Crippen molar-refractivity contribution in [2.75, 3.05) is 13.2 Å². The highest BCUT2D eigenvalue weighted by Crippen LogP contribution is 2.38. The lowest BCUT2D eigenvalue weighted by Crippen LogP contribution is -2.33.